The fraction of sp³-hybridized carbons (Fsp3) is 0.533. The normalized spacial score (nSPS) is 14.1. The Kier molecular flexibility index (Phi) is 6.44. The minimum atomic E-state index is -0.695. The predicted octanol–water partition coefficient (Wildman–Crippen LogP) is 3.06. The Morgan fingerprint density at radius 2 is 1.89 bits per heavy atom. The highest BCUT2D eigenvalue weighted by Gasteiger charge is 2.10. The lowest BCUT2D eigenvalue weighted by Crippen LogP contribution is -2.25. The molecule has 0 fully saturated rings. The van der Waals surface area contributed by atoms with Crippen molar-refractivity contribution in [2.45, 2.75) is 45.7 Å². The number of carbonyl (C=O) groups is 1. The molecule has 1 aromatic carbocycles. The van der Waals surface area contributed by atoms with E-state index in [9.17, 15) is 4.79 Å². The quantitative estimate of drug-likeness (QED) is 0.744. The van der Waals surface area contributed by atoms with Gasteiger partial charge in [-0.15, -0.1) is 0 Å². The SMILES string of the molecule is CC(CCCC(C)C(=O)O)NCc1ccccc1. The Morgan fingerprint density at radius 3 is 2.50 bits per heavy atom. The van der Waals surface area contributed by atoms with E-state index in [0.717, 1.165) is 25.8 Å². The van der Waals surface area contributed by atoms with Crippen molar-refractivity contribution in [3.63, 3.8) is 0 Å². The summed E-state index contributed by atoms with van der Waals surface area (Å²) in [6.45, 7) is 4.79. The third-order valence-corrected chi connectivity index (χ3v) is 3.19. The first-order valence-electron chi connectivity index (χ1n) is 6.59. The average molecular weight is 249 g/mol. The third-order valence-electron chi connectivity index (χ3n) is 3.19. The van der Waals surface area contributed by atoms with Crippen LogP contribution in [0.2, 0.25) is 0 Å². The van der Waals surface area contributed by atoms with Gasteiger partial charge in [-0.05, 0) is 25.3 Å². The number of rotatable bonds is 8. The fourth-order valence-electron chi connectivity index (χ4n) is 1.84. The van der Waals surface area contributed by atoms with Gasteiger partial charge in [-0.25, -0.2) is 0 Å². The van der Waals surface area contributed by atoms with Crippen LogP contribution in [0.3, 0.4) is 0 Å². The number of hydrogen-bond donors (Lipinski definition) is 2. The molecular formula is C15H23NO2. The maximum absolute atomic E-state index is 10.7. The molecule has 1 aromatic rings. The third kappa shape index (κ3) is 5.82. The molecular weight excluding hydrogens is 226 g/mol. The standard InChI is InChI=1S/C15H23NO2/c1-12(15(17)18)7-6-8-13(2)16-11-14-9-4-3-5-10-14/h3-5,9-10,12-13,16H,6-8,11H2,1-2H3,(H,17,18). The van der Waals surface area contributed by atoms with E-state index in [-0.39, 0.29) is 5.92 Å². The summed E-state index contributed by atoms with van der Waals surface area (Å²) in [7, 11) is 0. The smallest absolute Gasteiger partial charge is 0.306 e. The Hall–Kier alpha value is -1.35. The molecule has 0 amide bonds. The highest BCUT2D eigenvalue weighted by molar-refractivity contribution is 5.69. The highest BCUT2D eigenvalue weighted by atomic mass is 16.4. The zero-order valence-electron chi connectivity index (χ0n) is 11.2. The average Bonchev–Trinajstić information content (AvgIpc) is 2.37. The van der Waals surface area contributed by atoms with Gasteiger partial charge in [0, 0.05) is 12.6 Å². The molecule has 0 aliphatic rings. The lowest BCUT2D eigenvalue weighted by molar-refractivity contribution is -0.141. The van der Waals surface area contributed by atoms with E-state index in [2.05, 4.69) is 24.4 Å². The van der Waals surface area contributed by atoms with Crippen molar-refractivity contribution >= 4 is 5.97 Å². The van der Waals surface area contributed by atoms with Crippen LogP contribution in [0.15, 0.2) is 30.3 Å². The van der Waals surface area contributed by atoms with Crippen molar-refractivity contribution in [1.29, 1.82) is 0 Å². The largest absolute Gasteiger partial charge is 0.481 e. The van der Waals surface area contributed by atoms with Crippen LogP contribution < -0.4 is 5.32 Å². The number of hydrogen-bond acceptors (Lipinski definition) is 2. The Morgan fingerprint density at radius 1 is 1.22 bits per heavy atom. The number of aliphatic carboxylic acids is 1. The topological polar surface area (TPSA) is 49.3 Å². The lowest BCUT2D eigenvalue weighted by atomic mass is 10.0. The summed E-state index contributed by atoms with van der Waals surface area (Å²) in [6, 6.07) is 10.7. The molecule has 3 heteroatoms. The van der Waals surface area contributed by atoms with Crippen LogP contribution in [0, 0.1) is 5.92 Å². The van der Waals surface area contributed by atoms with Gasteiger partial charge in [-0.2, -0.15) is 0 Å². The molecule has 0 bridgehead atoms. The molecule has 0 radical (unpaired) electrons. The molecule has 0 saturated carbocycles. The van der Waals surface area contributed by atoms with Crippen molar-refractivity contribution in [3.05, 3.63) is 35.9 Å². The molecule has 0 heterocycles. The predicted molar refractivity (Wildman–Crippen MR) is 73.4 cm³/mol. The number of nitrogens with one attached hydrogen (secondary N) is 1. The van der Waals surface area contributed by atoms with Crippen LogP contribution in [0.1, 0.15) is 38.7 Å². The molecule has 18 heavy (non-hydrogen) atoms. The van der Waals surface area contributed by atoms with Gasteiger partial charge in [-0.3, -0.25) is 4.79 Å². The van der Waals surface area contributed by atoms with Gasteiger partial charge in [-0.1, -0.05) is 43.7 Å². The first-order chi connectivity index (χ1) is 8.59. The Labute approximate surface area is 109 Å². The second-order valence-electron chi connectivity index (χ2n) is 4.94. The van der Waals surface area contributed by atoms with Gasteiger partial charge in [0.2, 0.25) is 0 Å². The maximum atomic E-state index is 10.7. The Balaban J connectivity index is 2.14. The molecule has 0 saturated heterocycles. The second kappa shape index (κ2) is 7.88. The molecule has 0 aliphatic heterocycles. The van der Waals surface area contributed by atoms with Crippen molar-refractivity contribution in [1.82, 2.24) is 5.32 Å². The summed E-state index contributed by atoms with van der Waals surface area (Å²) in [5.74, 6) is -0.925. The van der Waals surface area contributed by atoms with Gasteiger partial charge in [0.05, 0.1) is 5.92 Å². The van der Waals surface area contributed by atoms with Gasteiger partial charge < -0.3 is 10.4 Å². The molecule has 2 N–H and O–H groups in total. The van der Waals surface area contributed by atoms with E-state index in [0.29, 0.717) is 6.04 Å². The molecule has 2 unspecified atom stereocenters. The molecule has 0 aliphatic carbocycles. The van der Waals surface area contributed by atoms with Gasteiger partial charge in [0.1, 0.15) is 0 Å². The summed E-state index contributed by atoms with van der Waals surface area (Å²) >= 11 is 0. The van der Waals surface area contributed by atoms with Crippen molar-refractivity contribution in [2.75, 3.05) is 0 Å². The van der Waals surface area contributed by atoms with E-state index < -0.39 is 5.97 Å². The van der Waals surface area contributed by atoms with Crippen LogP contribution in [0.25, 0.3) is 0 Å². The molecule has 100 valence electrons. The van der Waals surface area contributed by atoms with E-state index >= 15 is 0 Å². The van der Waals surface area contributed by atoms with Crippen molar-refractivity contribution < 1.29 is 9.90 Å². The summed E-state index contributed by atoms with van der Waals surface area (Å²) in [5.41, 5.74) is 1.28. The minimum Gasteiger partial charge on any atom is -0.481 e. The number of carboxylic acids is 1. The highest BCUT2D eigenvalue weighted by Crippen LogP contribution is 2.10. The van der Waals surface area contributed by atoms with Crippen molar-refractivity contribution in [2.24, 2.45) is 5.92 Å². The van der Waals surface area contributed by atoms with Crippen LogP contribution >= 0.6 is 0 Å². The molecule has 1 rings (SSSR count). The van der Waals surface area contributed by atoms with Crippen LogP contribution in [0.4, 0.5) is 0 Å². The first kappa shape index (κ1) is 14.7. The number of benzene rings is 1. The van der Waals surface area contributed by atoms with Crippen molar-refractivity contribution in [3.8, 4) is 0 Å². The van der Waals surface area contributed by atoms with Crippen LogP contribution in [-0.4, -0.2) is 17.1 Å². The summed E-state index contributed by atoms with van der Waals surface area (Å²) in [4.78, 5) is 10.7. The summed E-state index contributed by atoms with van der Waals surface area (Å²) < 4.78 is 0. The van der Waals surface area contributed by atoms with Crippen LogP contribution in [0.5, 0.6) is 0 Å². The van der Waals surface area contributed by atoms with E-state index in [1.807, 2.05) is 18.2 Å². The molecule has 0 aromatic heterocycles. The van der Waals surface area contributed by atoms with Crippen LogP contribution in [-0.2, 0) is 11.3 Å². The first-order valence-corrected chi connectivity index (χ1v) is 6.59. The van der Waals surface area contributed by atoms with E-state index in [1.54, 1.807) is 6.92 Å². The molecule has 2 atom stereocenters. The summed E-state index contributed by atoms with van der Waals surface area (Å²) in [5, 5.41) is 12.2. The lowest BCUT2D eigenvalue weighted by Gasteiger charge is -2.14. The second-order valence-corrected chi connectivity index (χ2v) is 4.94. The maximum Gasteiger partial charge on any atom is 0.306 e. The minimum absolute atomic E-state index is 0.230. The molecule has 3 nitrogen and oxygen atoms in total. The number of carboxylic acid groups (broad SMARTS) is 1. The van der Waals surface area contributed by atoms with E-state index in [4.69, 9.17) is 5.11 Å². The van der Waals surface area contributed by atoms with E-state index in [1.165, 1.54) is 5.56 Å². The zero-order valence-corrected chi connectivity index (χ0v) is 11.2. The van der Waals surface area contributed by atoms with Gasteiger partial charge in [0.15, 0.2) is 0 Å². The Bertz CT molecular complexity index is 351. The fourth-order valence-corrected chi connectivity index (χ4v) is 1.84. The summed E-state index contributed by atoms with van der Waals surface area (Å²) in [6.07, 6.45) is 2.73. The van der Waals surface area contributed by atoms with Gasteiger partial charge >= 0.3 is 5.97 Å². The zero-order chi connectivity index (χ0) is 13.4. The van der Waals surface area contributed by atoms with Gasteiger partial charge in [0.25, 0.3) is 0 Å². The molecule has 0 spiro atoms. The monoisotopic (exact) mass is 249 g/mol.